The molecule has 20 heavy (non-hydrogen) atoms. The van der Waals surface area contributed by atoms with Crippen LogP contribution < -0.4 is 21.5 Å². The van der Waals surface area contributed by atoms with E-state index in [1.807, 2.05) is 0 Å². The molecule has 1 aromatic rings. The predicted octanol–water partition coefficient (Wildman–Crippen LogP) is -0.00320. The van der Waals surface area contributed by atoms with E-state index in [9.17, 15) is 13.2 Å². The number of sulfonamides is 1. The number of benzene rings is 1. The first-order chi connectivity index (χ1) is 9.34. The zero-order valence-corrected chi connectivity index (χ0v) is 11.7. The van der Waals surface area contributed by atoms with Gasteiger partial charge in [0, 0.05) is 30.4 Å². The lowest BCUT2D eigenvalue weighted by Gasteiger charge is -2.09. The minimum Gasteiger partial charge on any atom is -0.399 e. The molecule has 0 aromatic heterocycles. The first-order valence-electron chi connectivity index (χ1n) is 6.31. The molecule has 6 N–H and O–H groups in total. The highest BCUT2D eigenvalue weighted by molar-refractivity contribution is 7.89. The molecule has 0 atom stereocenters. The van der Waals surface area contributed by atoms with Crippen LogP contribution in [0.1, 0.15) is 19.3 Å². The lowest BCUT2D eigenvalue weighted by atomic mass is 10.2. The van der Waals surface area contributed by atoms with Crippen molar-refractivity contribution in [3.63, 3.8) is 0 Å². The van der Waals surface area contributed by atoms with Crippen LogP contribution in [-0.4, -0.2) is 26.9 Å². The third kappa shape index (κ3) is 4.39. The Morgan fingerprint density at radius 3 is 2.60 bits per heavy atom. The largest absolute Gasteiger partial charge is 0.399 e. The zero-order chi connectivity index (χ0) is 14.8. The Hall–Kier alpha value is -1.80. The fraction of sp³-hybridized carbons (Fsp3) is 0.417. The maximum Gasteiger partial charge on any atom is 0.238 e. The molecule has 0 saturated heterocycles. The van der Waals surface area contributed by atoms with E-state index in [4.69, 9.17) is 10.9 Å². The van der Waals surface area contributed by atoms with Crippen molar-refractivity contribution in [2.75, 3.05) is 17.6 Å². The Morgan fingerprint density at radius 2 is 2.00 bits per heavy atom. The minimum atomic E-state index is -3.80. The third-order valence-corrected chi connectivity index (χ3v) is 3.77. The maximum atomic E-state index is 11.5. The highest BCUT2D eigenvalue weighted by atomic mass is 32.2. The Bertz CT molecular complexity index is 611. The molecule has 8 heteroatoms. The molecule has 1 aromatic carbocycles. The van der Waals surface area contributed by atoms with Crippen LogP contribution in [-0.2, 0) is 14.8 Å². The summed E-state index contributed by atoms with van der Waals surface area (Å²) in [7, 11) is -3.80. The molecular weight excluding hydrogens is 280 g/mol. The van der Waals surface area contributed by atoms with Gasteiger partial charge in [-0.25, -0.2) is 13.6 Å². The number of hydrogen-bond acceptors (Lipinski definition) is 5. The van der Waals surface area contributed by atoms with Crippen molar-refractivity contribution in [3.05, 3.63) is 18.2 Å². The van der Waals surface area contributed by atoms with Gasteiger partial charge in [-0.2, -0.15) is 0 Å². The average Bonchev–Trinajstić information content (AvgIpc) is 3.11. The van der Waals surface area contributed by atoms with Gasteiger partial charge in [0.25, 0.3) is 0 Å². The number of hydrogen-bond donors (Lipinski definition) is 4. The normalized spacial score (nSPS) is 14.8. The van der Waals surface area contributed by atoms with Crippen LogP contribution in [0.25, 0.3) is 0 Å². The van der Waals surface area contributed by atoms with Crippen LogP contribution in [0, 0.1) is 0 Å². The molecule has 0 radical (unpaired) electrons. The lowest BCUT2D eigenvalue weighted by molar-refractivity contribution is -0.120. The summed E-state index contributed by atoms with van der Waals surface area (Å²) in [4.78, 5) is 11.4. The van der Waals surface area contributed by atoms with E-state index in [0.29, 0.717) is 30.4 Å². The van der Waals surface area contributed by atoms with Crippen molar-refractivity contribution in [2.24, 2.45) is 5.14 Å². The lowest BCUT2D eigenvalue weighted by Crippen LogP contribution is -2.27. The smallest absolute Gasteiger partial charge is 0.238 e. The molecule has 1 aliphatic rings. The molecule has 1 fully saturated rings. The number of carbonyl (C=O) groups excluding carboxylic acids is 1. The molecule has 1 aliphatic carbocycles. The van der Waals surface area contributed by atoms with E-state index in [2.05, 4.69) is 10.6 Å². The topological polar surface area (TPSA) is 127 Å². The van der Waals surface area contributed by atoms with E-state index < -0.39 is 10.0 Å². The fourth-order valence-corrected chi connectivity index (χ4v) is 2.33. The van der Waals surface area contributed by atoms with E-state index in [0.717, 1.165) is 12.8 Å². The SMILES string of the molecule is Nc1cc(NCCC(=O)NC2CC2)cc(S(N)(=O)=O)c1. The van der Waals surface area contributed by atoms with Crippen molar-refractivity contribution in [3.8, 4) is 0 Å². The standard InChI is InChI=1S/C12H18N4O3S/c13-8-5-10(7-11(6-8)20(14,18)19)15-4-3-12(17)16-9-1-2-9/h5-7,9,15H,1-4,13H2,(H,16,17)(H2,14,18,19). The van der Waals surface area contributed by atoms with Gasteiger partial charge in [-0.3, -0.25) is 4.79 Å². The zero-order valence-electron chi connectivity index (χ0n) is 10.9. The van der Waals surface area contributed by atoms with E-state index in [1.165, 1.54) is 12.1 Å². The van der Waals surface area contributed by atoms with Crippen LogP contribution in [0.15, 0.2) is 23.1 Å². The summed E-state index contributed by atoms with van der Waals surface area (Å²) < 4.78 is 22.6. The second-order valence-corrected chi connectivity index (χ2v) is 6.42. The van der Waals surface area contributed by atoms with Gasteiger partial charge < -0.3 is 16.4 Å². The molecule has 0 aliphatic heterocycles. The number of anilines is 2. The molecule has 0 heterocycles. The van der Waals surface area contributed by atoms with Crippen LogP contribution >= 0.6 is 0 Å². The van der Waals surface area contributed by atoms with Crippen LogP contribution in [0.2, 0.25) is 0 Å². The summed E-state index contributed by atoms with van der Waals surface area (Å²) in [6.07, 6.45) is 2.41. The number of nitrogen functional groups attached to an aromatic ring is 1. The van der Waals surface area contributed by atoms with E-state index in [1.54, 1.807) is 6.07 Å². The Kier molecular flexibility index (Phi) is 4.15. The summed E-state index contributed by atoms with van der Waals surface area (Å²) >= 11 is 0. The van der Waals surface area contributed by atoms with Gasteiger partial charge in [0.2, 0.25) is 15.9 Å². The Labute approximate surface area is 117 Å². The molecule has 2 rings (SSSR count). The van der Waals surface area contributed by atoms with Crippen molar-refractivity contribution >= 4 is 27.3 Å². The van der Waals surface area contributed by atoms with Crippen LogP contribution in [0.5, 0.6) is 0 Å². The third-order valence-electron chi connectivity index (χ3n) is 2.88. The highest BCUT2D eigenvalue weighted by Crippen LogP contribution is 2.20. The number of rotatable bonds is 6. The number of amides is 1. The van der Waals surface area contributed by atoms with Crippen LogP contribution in [0.4, 0.5) is 11.4 Å². The summed E-state index contributed by atoms with van der Waals surface area (Å²) in [5.74, 6) is -0.0180. The van der Waals surface area contributed by atoms with Gasteiger partial charge >= 0.3 is 0 Å². The first-order valence-corrected chi connectivity index (χ1v) is 7.86. The molecule has 110 valence electrons. The van der Waals surface area contributed by atoms with Gasteiger partial charge in [0.1, 0.15) is 0 Å². The molecule has 7 nitrogen and oxygen atoms in total. The number of carbonyl (C=O) groups is 1. The minimum absolute atomic E-state index is 0.0180. The monoisotopic (exact) mass is 298 g/mol. The van der Waals surface area contributed by atoms with Gasteiger partial charge in [-0.1, -0.05) is 0 Å². The molecule has 1 amide bonds. The summed E-state index contributed by atoms with van der Waals surface area (Å²) in [6.45, 7) is 0.395. The highest BCUT2D eigenvalue weighted by Gasteiger charge is 2.22. The van der Waals surface area contributed by atoms with Gasteiger partial charge in [-0.15, -0.1) is 0 Å². The Balaban J connectivity index is 1.91. The summed E-state index contributed by atoms with van der Waals surface area (Å²) in [6, 6.07) is 4.61. The van der Waals surface area contributed by atoms with Crippen molar-refractivity contribution in [2.45, 2.75) is 30.2 Å². The fourth-order valence-electron chi connectivity index (χ4n) is 1.74. The predicted molar refractivity (Wildman–Crippen MR) is 76.5 cm³/mol. The number of nitrogens with one attached hydrogen (secondary N) is 2. The average molecular weight is 298 g/mol. The molecule has 0 spiro atoms. The second-order valence-electron chi connectivity index (χ2n) is 4.85. The number of nitrogens with two attached hydrogens (primary N) is 2. The molecular formula is C12H18N4O3S. The molecule has 0 bridgehead atoms. The maximum absolute atomic E-state index is 11.5. The van der Waals surface area contributed by atoms with E-state index >= 15 is 0 Å². The van der Waals surface area contributed by atoms with Crippen LogP contribution in [0.3, 0.4) is 0 Å². The van der Waals surface area contributed by atoms with Crippen molar-refractivity contribution < 1.29 is 13.2 Å². The van der Waals surface area contributed by atoms with Crippen molar-refractivity contribution in [1.29, 1.82) is 0 Å². The summed E-state index contributed by atoms with van der Waals surface area (Å²) in [5.41, 5.74) is 6.44. The van der Waals surface area contributed by atoms with Gasteiger partial charge in [0.15, 0.2) is 0 Å². The molecule has 0 unspecified atom stereocenters. The van der Waals surface area contributed by atoms with E-state index in [-0.39, 0.29) is 10.8 Å². The molecule has 1 saturated carbocycles. The summed E-state index contributed by atoms with van der Waals surface area (Å²) in [5, 5.41) is 10.9. The second kappa shape index (κ2) is 5.68. The van der Waals surface area contributed by atoms with Gasteiger partial charge in [0.05, 0.1) is 4.90 Å². The Morgan fingerprint density at radius 1 is 1.30 bits per heavy atom. The van der Waals surface area contributed by atoms with Crippen molar-refractivity contribution in [1.82, 2.24) is 5.32 Å². The van der Waals surface area contributed by atoms with Gasteiger partial charge in [-0.05, 0) is 31.0 Å². The first kappa shape index (κ1) is 14.6. The number of primary sulfonamides is 1. The quantitative estimate of drug-likeness (QED) is 0.550.